The molecule has 1 aliphatic heterocycles. The number of aliphatic hydroxyl groups is 1. The molecule has 0 amide bonds. The van der Waals surface area contributed by atoms with E-state index >= 15 is 0 Å². The van der Waals surface area contributed by atoms with Gasteiger partial charge in [-0.15, -0.1) is 0 Å². The molecule has 0 spiro atoms. The molecule has 1 atom stereocenters. The van der Waals surface area contributed by atoms with E-state index in [0.717, 1.165) is 5.56 Å². The van der Waals surface area contributed by atoms with E-state index in [1.54, 1.807) is 47.6 Å². The number of aromatic nitrogens is 1. The second-order valence-corrected chi connectivity index (χ2v) is 9.81. The third kappa shape index (κ3) is 4.05. The van der Waals surface area contributed by atoms with Gasteiger partial charge in [-0.2, -0.15) is 0 Å². The lowest BCUT2D eigenvalue weighted by molar-refractivity contribution is -0.118. The molecule has 1 unspecified atom stereocenters. The second-order valence-electron chi connectivity index (χ2n) is 9.81. The SMILES string of the molecule is CC1(C)CC(=O)C2=C(C1)N(c1ccc(F)cc1)C(=N)/C(=C(/O)c1ccccc1)C2c1cccnc1. The van der Waals surface area contributed by atoms with Crippen molar-refractivity contribution in [2.24, 2.45) is 5.41 Å². The highest BCUT2D eigenvalue weighted by atomic mass is 19.1. The van der Waals surface area contributed by atoms with Gasteiger partial charge in [-0.3, -0.25) is 20.1 Å². The first kappa shape index (κ1) is 22.7. The lowest BCUT2D eigenvalue weighted by Gasteiger charge is -2.45. The average molecular weight is 468 g/mol. The molecule has 0 saturated heterocycles. The molecule has 5 nitrogen and oxygen atoms in total. The number of anilines is 1. The normalized spacial score (nSPS) is 21.1. The number of rotatable bonds is 3. The van der Waals surface area contributed by atoms with Gasteiger partial charge in [-0.25, -0.2) is 4.39 Å². The molecule has 6 heteroatoms. The number of ketones is 1. The van der Waals surface area contributed by atoms with Crippen molar-refractivity contribution >= 4 is 23.1 Å². The number of allylic oxidation sites excluding steroid dienone is 2. The van der Waals surface area contributed by atoms with Gasteiger partial charge in [0.05, 0.1) is 0 Å². The largest absolute Gasteiger partial charge is 0.507 e. The Morgan fingerprint density at radius 1 is 1.06 bits per heavy atom. The summed E-state index contributed by atoms with van der Waals surface area (Å²) in [5.41, 5.74) is 3.12. The molecule has 35 heavy (non-hydrogen) atoms. The molecular formula is C29H26FN3O2. The average Bonchev–Trinajstić information content (AvgIpc) is 2.84. The Bertz CT molecular complexity index is 1360. The van der Waals surface area contributed by atoms with Crippen molar-refractivity contribution in [1.82, 2.24) is 4.98 Å². The van der Waals surface area contributed by atoms with Crippen LogP contribution in [0.2, 0.25) is 0 Å². The van der Waals surface area contributed by atoms with Crippen LogP contribution in [0.3, 0.4) is 0 Å². The quantitative estimate of drug-likeness (QED) is 0.436. The van der Waals surface area contributed by atoms with Gasteiger partial charge in [0, 0.05) is 52.8 Å². The number of Topliss-reactive ketones (excluding diaryl/α,β-unsaturated/α-hetero) is 1. The highest BCUT2D eigenvalue weighted by molar-refractivity contribution is 6.19. The number of carbonyl (C=O) groups excluding carboxylic acids is 1. The monoisotopic (exact) mass is 467 g/mol. The van der Waals surface area contributed by atoms with Crippen LogP contribution in [0, 0.1) is 16.6 Å². The van der Waals surface area contributed by atoms with Crippen molar-refractivity contribution in [3.63, 3.8) is 0 Å². The number of aliphatic hydroxyl groups excluding tert-OH is 1. The van der Waals surface area contributed by atoms with Crippen LogP contribution in [0.4, 0.5) is 10.1 Å². The van der Waals surface area contributed by atoms with Crippen molar-refractivity contribution in [2.45, 2.75) is 32.6 Å². The van der Waals surface area contributed by atoms with Crippen molar-refractivity contribution in [2.75, 3.05) is 4.90 Å². The number of nitrogens with zero attached hydrogens (tertiary/aromatic N) is 2. The van der Waals surface area contributed by atoms with E-state index < -0.39 is 5.92 Å². The minimum Gasteiger partial charge on any atom is -0.507 e. The molecule has 0 bridgehead atoms. The molecule has 2 aromatic carbocycles. The van der Waals surface area contributed by atoms with Crippen LogP contribution in [0.1, 0.15) is 43.7 Å². The highest BCUT2D eigenvalue weighted by Crippen LogP contribution is 2.51. The molecular weight excluding hydrogens is 441 g/mol. The summed E-state index contributed by atoms with van der Waals surface area (Å²) < 4.78 is 13.8. The van der Waals surface area contributed by atoms with E-state index in [0.29, 0.717) is 40.9 Å². The van der Waals surface area contributed by atoms with Gasteiger partial charge in [0.25, 0.3) is 0 Å². The summed E-state index contributed by atoms with van der Waals surface area (Å²) in [5.74, 6) is -1.07. The molecule has 2 aliphatic rings. The van der Waals surface area contributed by atoms with Gasteiger partial charge in [-0.05, 0) is 47.7 Å². The van der Waals surface area contributed by atoms with Crippen LogP contribution in [0.15, 0.2) is 96.0 Å². The van der Waals surface area contributed by atoms with Crippen LogP contribution < -0.4 is 4.90 Å². The molecule has 1 aliphatic carbocycles. The predicted octanol–water partition coefficient (Wildman–Crippen LogP) is 6.41. The number of nitrogens with one attached hydrogen (secondary N) is 1. The maximum atomic E-state index is 13.8. The van der Waals surface area contributed by atoms with Crippen molar-refractivity contribution < 1.29 is 14.3 Å². The Morgan fingerprint density at radius 2 is 1.77 bits per heavy atom. The molecule has 176 valence electrons. The molecule has 1 aromatic heterocycles. The number of carbonyl (C=O) groups is 1. The number of hydrogen-bond acceptors (Lipinski definition) is 4. The fraction of sp³-hybridized carbons (Fsp3) is 0.207. The molecule has 2 N–H and O–H groups in total. The Morgan fingerprint density at radius 3 is 2.43 bits per heavy atom. The molecule has 0 saturated carbocycles. The van der Waals surface area contributed by atoms with Crippen molar-refractivity contribution in [3.8, 4) is 0 Å². The van der Waals surface area contributed by atoms with Crippen LogP contribution in [0.5, 0.6) is 0 Å². The first-order valence-corrected chi connectivity index (χ1v) is 11.6. The van der Waals surface area contributed by atoms with Gasteiger partial charge in [0.2, 0.25) is 0 Å². The van der Waals surface area contributed by atoms with Gasteiger partial charge >= 0.3 is 0 Å². The van der Waals surface area contributed by atoms with E-state index in [9.17, 15) is 19.7 Å². The van der Waals surface area contributed by atoms with E-state index in [-0.39, 0.29) is 28.6 Å². The zero-order chi connectivity index (χ0) is 24.7. The number of benzene rings is 2. The lowest BCUT2D eigenvalue weighted by Crippen LogP contribution is -2.45. The third-order valence-electron chi connectivity index (χ3n) is 6.63. The van der Waals surface area contributed by atoms with Gasteiger partial charge in [-0.1, -0.05) is 50.2 Å². The minimum atomic E-state index is -0.647. The van der Waals surface area contributed by atoms with Gasteiger partial charge in [0.15, 0.2) is 5.78 Å². The first-order chi connectivity index (χ1) is 16.8. The number of halogens is 1. The lowest BCUT2D eigenvalue weighted by atomic mass is 9.67. The standard InChI is InChI=1S/C29H26FN3O2/c1-29(2)15-22-25(23(34)16-29)24(19-9-6-14-32-17-19)26(27(35)18-7-4-3-5-8-18)28(31)33(22)21-12-10-20(30)11-13-21/h3-14,17,24,31,35H,15-16H2,1-2H3/b27-26+,31-28?. The zero-order valence-electron chi connectivity index (χ0n) is 19.6. The Hall–Kier alpha value is -4.06. The maximum Gasteiger partial charge on any atom is 0.162 e. The van der Waals surface area contributed by atoms with Crippen molar-refractivity contribution in [1.29, 1.82) is 5.41 Å². The second kappa shape index (κ2) is 8.62. The molecule has 0 fully saturated rings. The smallest absolute Gasteiger partial charge is 0.162 e. The fourth-order valence-corrected chi connectivity index (χ4v) is 5.12. The van der Waals surface area contributed by atoms with Crippen LogP contribution in [0.25, 0.3) is 5.76 Å². The van der Waals surface area contributed by atoms with Crippen LogP contribution in [-0.4, -0.2) is 21.7 Å². The molecule has 5 rings (SSSR count). The highest BCUT2D eigenvalue weighted by Gasteiger charge is 2.46. The number of hydrogen-bond donors (Lipinski definition) is 2. The predicted molar refractivity (Wildman–Crippen MR) is 135 cm³/mol. The summed E-state index contributed by atoms with van der Waals surface area (Å²) in [4.78, 5) is 19.7. The topological polar surface area (TPSA) is 77.3 Å². The summed E-state index contributed by atoms with van der Waals surface area (Å²) in [6, 6.07) is 18.6. The van der Waals surface area contributed by atoms with Gasteiger partial charge in [0.1, 0.15) is 17.4 Å². The van der Waals surface area contributed by atoms with E-state index in [1.807, 2.05) is 38.1 Å². The molecule has 0 radical (unpaired) electrons. The molecule has 3 aromatic rings. The summed E-state index contributed by atoms with van der Waals surface area (Å²) in [6.45, 7) is 4.07. The first-order valence-electron chi connectivity index (χ1n) is 11.6. The van der Waals surface area contributed by atoms with Crippen LogP contribution >= 0.6 is 0 Å². The minimum absolute atomic E-state index is 0.0249. The van der Waals surface area contributed by atoms with E-state index in [2.05, 4.69) is 4.98 Å². The van der Waals surface area contributed by atoms with E-state index in [4.69, 9.17) is 0 Å². The summed E-state index contributed by atoms with van der Waals surface area (Å²) in [6.07, 6.45) is 4.25. The van der Waals surface area contributed by atoms with E-state index in [1.165, 1.54) is 12.1 Å². The summed E-state index contributed by atoms with van der Waals surface area (Å²) in [7, 11) is 0. The summed E-state index contributed by atoms with van der Waals surface area (Å²) >= 11 is 0. The number of amidine groups is 1. The molecule has 2 heterocycles. The fourth-order valence-electron chi connectivity index (χ4n) is 5.12. The third-order valence-corrected chi connectivity index (χ3v) is 6.63. The van der Waals surface area contributed by atoms with Gasteiger partial charge < -0.3 is 5.11 Å². The Kier molecular flexibility index (Phi) is 5.59. The maximum absolute atomic E-state index is 13.8. The van der Waals surface area contributed by atoms with Crippen LogP contribution in [-0.2, 0) is 4.79 Å². The number of pyridine rings is 1. The van der Waals surface area contributed by atoms with Crippen molar-refractivity contribution in [3.05, 3.63) is 113 Å². The Labute approximate surface area is 203 Å². The Balaban J connectivity index is 1.84. The summed E-state index contributed by atoms with van der Waals surface area (Å²) in [5, 5.41) is 20.9. The zero-order valence-corrected chi connectivity index (χ0v) is 19.6.